The summed E-state index contributed by atoms with van der Waals surface area (Å²) in [5.74, 6) is 0.193. The molecule has 1 aromatic carbocycles. The number of ketones is 1. The number of Topliss-reactive ketones (excluding diaryl/α,β-unsaturated/α-hetero) is 1. The summed E-state index contributed by atoms with van der Waals surface area (Å²) in [4.78, 5) is 11.4. The van der Waals surface area contributed by atoms with Crippen molar-refractivity contribution in [1.82, 2.24) is 0 Å². The van der Waals surface area contributed by atoms with Gasteiger partial charge in [-0.25, -0.2) is 0 Å². The van der Waals surface area contributed by atoms with E-state index < -0.39 is 0 Å². The lowest BCUT2D eigenvalue weighted by Crippen LogP contribution is -2.16. The predicted octanol–water partition coefficient (Wildman–Crippen LogP) is 4.91. The molecular weight excluding hydrogens is 260 g/mol. The van der Waals surface area contributed by atoms with Crippen molar-refractivity contribution in [3.63, 3.8) is 0 Å². The molecule has 0 aliphatic heterocycles. The molecule has 0 bridgehead atoms. The van der Waals surface area contributed by atoms with E-state index in [9.17, 15) is 4.79 Å². The van der Waals surface area contributed by atoms with Crippen LogP contribution >= 0.6 is 0 Å². The predicted molar refractivity (Wildman–Crippen MR) is 88.5 cm³/mol. The van der Waals surface area contributed by atoms with Gasteiger partial charge in [-0.15, -0.1) is 0 Å². The first-order chi connectivity index (χ1) is 9.92. The van der Waals surface area contributed by atoms with Crippen molar-refractivity contribution in [2.24, 2.45) is 0 Å². The SMILES string of the molecule is C/C=C(\C)CC[C@@H](CC(C)=O)OCc1ccc(C)c(C)c1. The van der Waals surface area contributed by atoms with Gasteiger partial charge in [-0.05, 0) is 64.2 Å². The van der Waals surface area contributed by atoms with Crippen molar-refractivity contribution in [1.29, 1.82) is 0 Å². The molecule has 0 heterocycles. The smallest absolute Gasteiger partial charge is 0.132 e. The van der Waals surface area contributed by atoms with Gasteiger partial charge in [0.25, 0.3) is 0 Å². The zero-order valence-electron chi connectivity index (χ0n) is 14.0. The molecule has 2 heteroatoms. The maximum atomic E-state index is 11.4. The van der Waals surface area contributed by atoms with Crippen LogP contribution in [0, 0.1) is 13.8 Å². The number of carbonyl (C=O) groups excluding carboxylic acids is 1. The fraction of sp³-hybridized carbons (Fsp3) is 0.526. The summed E-state index contributed by atoms with van der Waals surface area (Å²) < 4.78 is 5.98. The number of rotatable bonds is 8. The maximum Gasteiger partial charge on any atom is 0.132 e. The Morgan fingerprint density at radius 2 is 1.95 bits per heavy atom. The zero-order valence-corrected chi connectivity index (χ0v) is 14.0. The van der Waals surface area contributed by atoms with Crippen LogP contribution in [-0.4, -0.2) is 11.9 Å². The van der Waals surface area contributed by atoms with Gasteiger partial charge in [0.2, 0.25) is 0 Å². The van der Waals surface area contributed by atoms with Crippen molar-refractivity contribution >= 4 is 5.78 Å². The molecular formula is C19H28O2. The molecule has 1 atom stereocenters. The first-order valence-electron chi connectivity index (χ1n) is 7.71. The number of hydrogen-bond acceptors (Lipinski definition) is 2. The summed E-state index contributed by atoms with van der Waals surface area (Å²) in [6, 6.07) is 6.39. The average Bonchev–Trinajstić information content (AvgIpc) is 2.44. The molecule has 0 N–H and O–H groups in total. The van der Waals surface area contributed by atoms with Crippen molar-refractivity contribution in [2.45, 2.75) is 66.6 Å². The highest BCUT2D eigenvalue weighted by molar-refractivity contribution is 5.75. The number of hydrogen-bond donors (Lipinski definition) is 0. The molecule has 2 nitrogen and oxygen atoms in total. The van der Waals surface area contributed by atoms with E-state index in [-0.39, 0.29) is 11.9 Å². The zero-order chi connectivity index (χ0) is 15.8. The van der Waals surface area contributed by atoms with E-state index in [0.29, 0.717) is 13.0 Å². The highest BCUT2D eigenvalue weighted by atomic mass is 16.5. The number of carbonyl (C=O) groups is 1. The van der Waals surface area contributed by atoms with Gasteiger partial charge in [0.15, 0.2) is 0 Å². The third-order valence-electron chi connectivity index (χ3n) is 3.93. The molecule has 0 amide bonds. The van der Waals surface area contributed by atoms with Crippen LogP contribution in [0.4, 0.5) is 0 Å². The van der Waals surface area contributed by atoms with Crippen LogP contribution in [0.25, 0.3) is 0 Å². The van der Waals surface area contributed by atoms with Crippen LogP contribution in [0.15, 0.2) is 29.8 Å². The van der Waals surface area contributed by atoms with Gasteiger partial charge in [-0.2, -0.15) is 0 Å². The monoisotopic (exact) mass is 288 g/mol. The van der Waals surface area contributed by atoms with E-state index in [1.807, 2.05) is 6.92 Å². The molecule has 0 radical (unpaired) electrons. The summed E-state index contributed by atoms with van der Waals surface area (Å²) in [7, 11) is 0. The van der Waals surface area contributed by atoms with E-state index in [2.05, 4.69) is 45.0 Å². The summed E-state index contributed by atoms with van der Waals surface area (Å²) in [5, 5.41) is 0. The third-order valence-corrected chi connectivity index (χ3v) is 3.93. The Bertz CT molecular complexity index is 500. The van der Waals surface area contributed by atoms with Gasteiger partial charge in [0, 0.05) is 6.42 Å². The second kappa shape index (κ2) is 8.78. The van der Waals surface area contributed by atoms with Gasteiger partial charge in [0.1, 0.15) is 5.78 Å². The first kappa shape index (κ1) is 17.6. The standard InChI is InChI=1S/C19H28O2/c1-6-14(2)7-10-19(12-17(5)20)21-13-18-9-8-15(3)16(4)11-18/h6,8-9,11,19H,7,10,12-13H2,1-5H3/b14-6+/t19-/m0/s1. The average molecular weight is 288 g/mol. The van der Waals surface area contributed by atoms with Crippen molar-refractivity contribution < 1.29 is 9.53 Å². The summed E-state index contributed by atoms with van der Waals surface area (Å²) in [5.41, 5.74) is 5.10. The van der Waals surface area contributed by atoms with E-state index in [4.69, 9.17) is 4.74 Å². The Hall–Kier alpha value is -1.41. The topological polar surface area (TPSA) is 26.3 Å². The fourth-order valence-electron chi connectivity index (χ4n) is 2.21. The molecule has 0 unspecified atom stereocenters. The second-order valence-electron chi connectivity index (χ2n) is 5.93. The Kier molecular flexibility index (Phi) is 7.38. The van der Waals surface area contributed by atoms with Crippen LogP contribution < -0.4 is 0 Å². The Morgan fingerprint density at radius 1 is 1.24 bits per heavy atom. The van der Waals surface area contributed by atoms with Gasteiger partial charge < -0.3 is 4.74 Å². The summed E-state index contributed by atoms with van der Waals surface area (Å²) in [6.07, 6.45) is 4.52. The van der Waals surface area contributed by atoms with E-state index in [1.54, 1.807) is 6.92 Å². The van der Waals surface area contributed by atoms with Crippen LogP contribution in [-0.2, 0) is 16.1 Å². The lowest BCUT2D eigenvalue weighted by molar-refractivity contribution is -0.120. The van der Waals surface area contributed by atoms with Gasteiger partial charge in [0.05, 0.1) is 12.7 Å². The lowest BCUT2D eigenvalue weighted by Gasteiger charge is -2.17. The van der Waals surface area contributed by atoms with E-state index >= 15 is 0 Å². The maximum absolute atomic E-state index is 11.4. The van der Waals surface area contributed by atoms with E-state index in [1.165, 1.54) is 22.3 Å². The van der Waals surface area contributed by atoms with Crippen molar-refractivity contribution in [2.75, 3.05) is 0 Å². The van der Waals surface area contributed by atoms with Gasteiger partial charge in [-0.1, -0.05) is 29.8 Å². The van der Waals surface area contributed by atoms with Crippen LogP contribution in [0.2, 0.25) is 0 Å². The first-order valence-corrected chi connectivity index (χ1v) is 7.71. The number of aryl methyl sites for hydroxylation is 2. The summed E-state index contributed by atoms with van der Waals surface area (Å²) >= 11 is 0. The Labute approximate surface area is 129 Å². The van der Waals surface area contributed by atoms with Crippen molar-refractivity contribution in [3.05, 3.63) is 46.5 Å². The molecule has 116 valence electrons. The number of benzene rings is 1. The Balaban J connectivity index is 2.59. The van der Waals surface area contributed by atoms with Gasteiger partial charge in [-0.3, -0.25) is 4.79 Å². The fourth-order valence-corrected chi connectivity index (χ4v) is 2.21. The second-order valence-corrected chi connectivity index (χ2v) is 5.93. The van der Waals surface area contributed by atoms with Crippen LogP contribution in [0.5, 0.6) is 0 Å². The van der Waals surface area contributed by atoms with E-state index in [0.717, 1.165) is 12.8 Å². The van der Waals surface area contributed by atoms with Crippen molar-refractivity contribution in [3.8, 4) is 0 Å². The molecule has 0 spiro atoms. The number of allylic oxidation sites excluding steroid dienone is 2. The molecule has 0 aromatic heterocycles. The minimum Gasteiger partial charge on any atom is -0.373 e. The third kappa shape index (κ3) is 6.72. The summed E-state index contributed by atoms with van der Waals surface area (Å²) in [6.45, 7) is 10.6. The highest BCUT2D eigenvalue weighted by Gasteiger charge is 2.12. The molecule has 0 saturated heterocycles. The van der Waals surface area contributed by atoms with Crippen LogP contribution in [0.1, 0.15) is 56.7 Å². The molecule has 0 aliphatic rings. The molecule has 1 aromatic rings. The Morgan fingerprint density at radius 3 is 2.52 bits per heavy atom. The lowest BCUT2D eigenvalue weighted by atomic mass is 10.0. The molecule has 21 heavy (non-hydrogen) atoms. The quantitative estimate of drug-likeness (QED) is 0.635. The largest absolute Gasteiger partial charge is 0.373 e. The van der Waals surface area contributed by atoms with Crippen LogP contribution in [0.3, 0.4) is 0 Å². The minimum atomic E-state index is 0.0130. The molecule has 0 saturated carbocycles. The number of ether oxygens (including phenoxy) is 1. The molecule has 1 rings (SSSR count). The molecule has 0 fully saturated rings. The highest BCUT2D eigenvalue weighted by Crippen LogP contribution is 2.16. The van der Waals surface area contributed by atoms with Gasteiger partial charge >= 0.3 is 0 Å². The normalized spacial score (nSPS) is 13.3. The molecule has 0 aliphatic carbocycles. The minimum absolute atomic E-state index is 0.0130.